The first-order valence-corrected chi connectivity index (χ1v) is 7.65. The Labute approximate surface area is 106 Å². The second kappa shape index (κ2) is 4.55. The van der Waals surface area contributed by atoms with Crippen molar-refractivity contribution in [1.29, 1.82) is 0 Å². The zero-order valence-electron chi connectivity index (χ0n) is 11.5. The molecule has 0 amide bonds. The van der Waals surface area contributed by atoms with Crippen molar-refractivity contribution in [2.75, 3.05) is 19.6 Å². The largest absolute Gasteiger partial charge is 0.315 e. The van der Waals surface area contributed by atoms with E-state index in [1.807, 2.05) is 0 Å². The Morgan fingerprint density at radius 1 is 1.29 bits per heavy atom. The fourth-order valence-electron chi connectivity index (χ4n) is 4.12. The Bertz CT molecular complexity index is 270. The van der Waals surface area contributed by atoms with Gasteiger partial charge in [-0.3, -0.25) is 0 Å². The fraction of sp³-hybridized carbons (Fsp3) is 1.00. The molecule has 17 heavy (non-hydrogen) atoms. The molecule has 0 aromatic heterocycles. The molecule has 2 saturated carbocycles. The summed E-state index contributed by atoms with van der Waals surface area (Å²) < 4.78 is 0. The molecule has 0 spiro atoms. The normalized spacial score (nSPS) is 38.6. The van der Waals surface area contributed by atoms with Gasteiger partial charge in [0.15, 0.2) is 0 Å². The van der Waals surface area contributed by atoms with Crippen LogP contribution in [0.15, 0.2) is 0 Å². The first-order valence-electron chi connectivity index (χ1n) is 7.65. The Balaban J connectivity index is 1.43. The SMILES string of the molecule is CC(C)C1(CNCC2NCC3CCCC32)CC1. The van der Waals surface area contributed by atoms with Gasteiger partial charge in [-0.05, 0) is 55.4 Å². The predicted octanol–water partition coefficient (Wildman–Crippen LogP) is 2.40. The second-order valence-electron chi connectivity index (χ2n) is 7.02. The number of nitrogens with one attached hydrogen (secondary N) is 2. The van der Waals surface area contributed by atoms with Crippen LogP contribution in [0.2, 0.25) is 0 Å². The van der Waals surface area contributed by atoms with Crippen molar-refractivity contribution in [3.63, 3.8) is 0 Å². The highest BCUT2D eigenvalue weighted by Crippen LogP contribution is 2.51. The van der Waals surface area contributed by atoms with Crippen LogP contribution >= 0.6 is 0 Å². The number of hydrogen-bond donors (Lipinski definition) is 2. The van der Waals surface area contributed by atoms with Crippen LogP contribution in [0.3, 0.4) is 0 Å². The summed E-state index contributed by atoms with van der Waals surface area (Å²) in [5, 5.41) is 7.49. The van der Waals surface area contributed by atoms with Crippen molar-refractivity contribution in [2.45, 2.75) is 52.0 Å². The van der Waals surface area contributed by atoms with Crippen LogP contribution in [0.1, 0.15) is 46.0 Å². The van der Waals surface area contributed by atoms with E-state index in [0.29, 0.717) is 5.41 Å². The maximum absolute atomic E-state index is 3.76. The highest BCUT2D eigenvalue weighted by Gasteiger charge is 2.45. The molecular formula is C15H28N2. The van der Waals surface area contributed by atoms with Gasteiger partial charge in [-0.2, -0.15) is 0 Å². The number of rotatable bonds is 5. The number of fused-ring (bicyclic) bond motifs is 1. The Morgan fingerprint density at radius 2 is 2.12 bits per heavy atom. The zero-order chi connectivity index (χ0) is 11.9. The minimum absolute atomic E-state index is 0.660. The van der Waals surface area contributed by atoms with E-state index in [1.165, 1.54) is 51.7 Å². The maximum atomic E-state index is 3.76. The third kappa shape index (κ3) is 2.26. The summed E-state index contributed by atoms with van der Waals surface area (Å²) in [6.07, 6.45) is 7.32. The molecule has 3 rings (SSSR count). The van der Waals surface area contributed by atoms with Gasteiger partial charge in [-0.25, -0.2) is 0 Å². The van der Waals surface area contributed by atoms with Crippen LogP contribution in [0.4, 0.5) is 0 Å². The maximum Gasteiger partial charge on any atom is 0.0223 e. The van der Waals surface area contributed by atoms with E-state index in [1.54, 1.807) is 0 Å². The number of hydrogen-bond acceptors (Lipinski definition) is 2. The molecule has 3 unspecified atom stereocenters. The van der Waals surface area contributed by atoms with E-state index in [2.05, 4.69) is 24.5 Å². The second-order valence-corrected chi connectivity index (χ2v) is 7.02. The predicted molar refractivity (Wildman–Crippen MR) is 72.0 cm³/mol. The minimum atomic E-state index is 0.660. The monoisotopic (exact) mass is 236 g/mol. The van der Waals surface area contributed by atoms with Gasteiger partial charge in [0, 0.05) is 19.1 Å². The lowest BCUT2D eigenvalue weighted by Crippen LogP contribution is -2.40. The molecule has 1 heterocycles. The summed E-state index contributed by atoms with van der Waals surface area (Å²) in [7, 11) is 0. The summed E-state index contributed by atoms with van der Waals surface area (Å²) in [6.45, 7) is 8.51. The molecule has 98 valence electrons. The van der Waals surface area contributed by atoms with Gasteiger partial charge in [-0.1, -0.05) is 20.3 Å². The molecule has 0 aromatic rings. The van der Waals surface area contributed by atoms with E-state index in [9.17, 15) is 0 Å². The van der Waals surface area contributed by atoms with Crippen molar-refractivity contribution in [3.8, 4) is 0 Å². The van der Waals surface area contributed by atoms with E-state index in [0.717, 1.165) is 23.8 Å². The lowest BCUT2D eigenvalue weighted by molar-refractivity contribution is 0.319. The smallest absolute Gasteiger partial charge is 0.0223 e. The summed E-state index contributed by atoms with van der Waals surface area (Å²) in [6, 6.07) is 0.769. The van der Waals surface area contributed by atoms with Gasteiger partial charge < -0.3 is 10.6 Å². The third-order valence-corrected chi connectivity index (χ3v) is 5.84. The molecule has 3 atom stereocenters. The first kappa shape index (κ1) is 12.0. The van der Waals surface area contributed by atoms with Crippen LogP contribution in [0.5, 0.6) is 0 Å². The van der Waals surface area contributed by atoms with Gasteiger partial charge in [0.1, 0.15) is 0 Å². The zero-order valence-corrected chi connectivity index (χ0v) is 11.5. The standard InChI is InChI=1S/C15H28N2/c1-11(2)15(6-7-15)10-16-9-14-13-5-3-4-12(13)8-17-14/h11-14,16-17H,3-10H2,1-2H3. The van der Waals surface area contributed by atoms with Crippen molar-refractivity contribution >= 4 is 0 Å². The first-order chi connectivity index (χ1) is 8.21. The average Bonchev–Trinajstić information content (AvgIpc) is 2.79. The minimum Gasteiger partial charge on any atom is -0.315 e. The average molecular weight is 236 g/mol. The Kier molecular flexibility index (Phi) is 3.20. The molecule has 2 heteroatoms. The third-order valence-electron chi connectivity index (χ3n) is 5.84. The van der Waals surface area contributed by atoms with Crippen LogP contribution in [0, 0.1) is 23.2 Å². The van der Waals surface area contributed by atoms with Crippen LogP contribution in [0.25, 0.3) is 0 Å². The highest BCUT2D eigenvalue weighted by atomic mass is 15.0. The summed E-state index contributed by atoms with van der Waals surface area (Å²) in [5.41, 5.74) is 0.660. The van der Waals surface area contributed by atoms with Crippen molar-refractivity contribution in [1.82, 2.24) is 10.6 Å². The Hall–Kier alpha value is -0.0800. The van der Waals surface area contributed by atoms with Crippen LogP contribution in [-0.4, -0.2) is 25.7 Å². The van der Waals surface area contributed by atoms with Gasteiger partial charge >= 0.3 is 0 Å². The molecule has 1 saturated heterocycles. The molecule has 3 aliphatic rings. The Morgan fingerprint density at radius 3 is 2.82 bits per heavy atom. The summed E-state index contributed by atoms with van der Waals surface area (Å²) in [4.78, 5) is 0. The molecule has 0 aromatic carbocycles. The molecule has 3 fully saturated rings. The molecule has 2 nitrogen and oxygen atoms in total. The fourth-order valence-corrected chi connectivity index (χ4v) is 4.12. The van der Waals surface area contributed by atoms with Gasteiger partial charge in [-0.15, -0.1) is 0 Å². The quantitative estimate of drug-likeness (QED) is 0.766. The highest BCUT2D eigenvalue weighted by molar-refractivity contribution is 4.99. The van der Waals surface area contributed by atoms with E-state index >= 15 is 0 Å². The molecule has 0 bridgehead atoms. The molecule has 2 aliphatic carbocycles. The van der Waals surface area contributed by atoms with Gasteiger partial charge in [0.2, 0.25) is 0 Å². The summed E-state index contributed by atoms with van der Waals surface area (Å²) >= 11 is 0. The topological polar surface area (TPSA) is 24.1 Å². The van der Waals surface area contributed by atoms with E-state index in [4.69, 9.17) is 0 Å². The van der Waals surface area contributed by atoms with Crippen molar-refractivity contribution < 1.29 is 0 Å². The van der Waals surface area contributed by atoms with E-state index < -0.39 is 0 Å². The van der Waals surface area contributed by atoms with Crippen molar-refractivity contribution in [3.05, 3.63) is 0 Å². The van der Waals surface area contributed by atoms with Gasteiger partial charge in [0.25, 0.3) is 0 Å². The van der Waals surface area contributed by atoms with Gasteiger partial charge in [0.05, 0.1) is 0 Å². The molecule has 0 radical (unpaired) electrons. The van der Waals surface area contributed by atoms with Crippen molar-refractivity contribution in [2.24, 2.45) is 23.2 Å². The molecular weight excluding hydrogens is 208 g/mol. The van der Waals surface area contributed by atoms with E-state index in [-0.39, 0.29) is 0 Å². The molecule has 2 N–H and O–H groups in total. The van der Waals surface area contributed by atoms with Crippen LogP contribution < -0.4 is 10.6 Å². The lowest BCUT2D eigenvalue weighted by Gasteiger charge is -2.23. The molecule has 1 aliphatic heterocycles. The van der Waals surface area contributed by atoms with Crippen LogP contribution in [-0.2, 0) is 0 Å². The lowest BCUT2D eigenvalue weighted by atomic mass is 9.91. The summed E-state index contributed by atoms with van der Waals surface area (Å²) in [5.74, 6) is 2.84.